The minimum absolute atomic E-state index is 0.0940. The van der Waals surface area contributed by atoms with Crippen molar-refractivity contribution >= 4 is 17.9 Å². The molecular weight excluding hydrogens is 961 g/mol. The number of rotatable bonds is 58. The monoisotopic (exact) mass is 1080 g/mol. The lowest BCUT2D eigenvalue weighted by atomic mass is 10.1. The van der Waals surface area contributed by atoms with Crippen LogP contribution >= 0.6 is 0 Å². The Balaban J connectivity index is 4.40. The van der Waals surface area contributed by atoms with E-state index >= 15 is 0 Å². The van der Waals surface area contributed by atoms with Crippen LogP contribution in [-0.4, -0.2) is 37.2 Å². The Kier molecular flexibility index (Phi) is 61.8. The fraction of sp³-hybridized carbons (Fsp3) is 0.681. The largest absolute Gasteiger partial charge is 0.462 e. The maximum Gasteiger partial charge on any atom is 0.306 e. The molecule has 0 spiro atoms. The summed E-state index contributed by atoms with van der Waals surface area (Å²) in [6, 6.07) is 0. The van der Waals surface area contributed by atoms with Crippen LogP contribution in [0.25, 0.3) is 0 Å². The maximum absolute atomic E-state index is 12.9. The lowest BCUT2D eigenvalue weighted by Gasteiger charge is -2.18. The normalized spacial score (nSPS) is 12.9. The molecule has 1 atom stereocenters. The summed E-state index contributed by atoms with van der Waals surface area (Å²) in [7, 11) is 0. The number of carbonyl (C=O) groups excluding carboxylic acids is 3. The van der Waals surface area contributed by atoms with Crippen LogP contribution in [-0.2, 0) is 28.6 Å². The number of carbonyl (C=O) groups is 3. The van der Waals surface area contributed by atoms with Gasteiger partial charge in [-0.1, -0.05) is 271 Å². The third kappa shape index (κ3) is 62.7. The second-order valence-electron chi connectivity index (χ2n) is 21.3. The second-order valence-corrected chi connectivity index (χ2v) is 21.3. The molecule has 0 N–H and O–H groups in total. The van der Waals surface area contributed by atoms with Crippen molar-refractivity contribution < 1.29 is 28.6 Å². The Morgan fingerprint density at radius 3 is 0.833 bits per heavy atom. The Labute approximate surface area is 482 Å². The number of esters is 3. The lowest BCUT2D eigenvalue weighted by molar-refractivity contribution is -0.167. The molecule has 0 aliphatic carbocycles. The van der Waals surface area contributed by atoms with Gasteiger partial charge in [-0.3, -0.25) is 14.4 Å². The molecule has 78 heavy (non-hydrogen) atoms. The summed E-state index contributed by atoms with van der Waals surface area (Å²) < 4.78 is 16.9. The van der Waals surface area contributed by atoms with Gasteiger partial charge in [-0.05, 0) is 128 Å². The molecule has 0 fully saturated rings. The Morgan fingerprint density at radius 1 is 0.269 bits per heavy atom. The maximum atomic E-state index is 12.9. The van der Waals surface area contributed by atoms with Gasteiger partial charge in [0.05, 0.1) is 0 Å². The van der Waals surface area contributed by atoms with Crippen molar-refractivity contribution in [3.63, 3.8) is 0 Å². The molecular formula is C72H120O6. The number of hydrogen-bond acceptors (Lipinski definition) is 6. The predicted octanol–water partition coefficient (Wildman–Crippen LogP) is 22.4. The SMILES string of the molecule is CC/C=C\C/C=C\C/C=C\C/C=C\C/C=C\C/C=C\C/C=C\CCCCCCCC(=O)OCC(COC(=O)CCCCCCC/C=C\C/C=C\CCCC)OC(=O)CCCCCCCCCCC/C=C\CCCCCCCC. The van der Waals surface area contributed by atoms with Crippen LogP contribution in [0.4, 0.5) is 0 Å². The van der Waals surface area contributed by atoms with Crippen molar-refractivity contribution in [2.45, 2.75) is 303 Å². The van der Waals surface area contributed by atoms with Crippen LogP contribution < -0.4 is 0 Å². The molecule has 0 amide bonds. The van der Waals surface area contributed by atoms with Crippen LogP contribution in [0, 0.1) is 0 Å². The molecule has 0 radical (unpaired) electrons. The minimum Gasteiger partial charge on any atom is -0.462 e. The van der Waals surface area contributed by atoms with Crippen molar-refractivity contribution in [3.8, 4) is 0 Å². The zero-order chi connectivity index (χ0) is 56.4. The van der Waals surface area contributed by atoms with Gasteiger partial charge in [0.15, 0.2) is 6.10 Å². The van der Waals surface area contributed by atoms with Crippen LogP contribution in [0.2, 0.25) is 0 Å². The Hall–Kier alpha value is -4.19. The summed E-state index contributed by atoms with van der Waals surface area (Å²) in [5.74, 6) is -0.923. The Morgan fingerprint density at radius 2 is 0.513 bits per heavy atom. The van der Waals surface area contributed by atoms with Gasteiger partial charge in [0.1, 0.15) is 13.2 Å². The zero-order valence-corrected chi connectivity index (χ0v) is 50.9. The molecule has 0 aromatic rings. The molecule has 0 aliphatic rings. The minimum atomic E-state index is -0.798. The highest BCUT2D eigenvalue weighted by molar-refractivity contribution is 5.71. The van der Waals surface area contributed by atoms with E-state index in [9.17, 15) is 14.4 Å². The number of allylic oxidation sites excluding steroid dienone is 20. The molecule has 0 rings (SSSR count). The highest BCUT2D eigenvalue weighted by Gasteiger charge is 2.19. The van der Waals surface area contributed by atoms with E-state index in [1.54, 1.807) is 0 Å². The average Bonchev–Trinajstić information content (AvgIpc) is 3.44. The van der Waals surface area contributed by atoms with E-state index in [0.29, 0.717) is 19.3 Å². The van der Waals surface area contributed by atoms with Crippen LogP contribution in [0.5, 0.6) is 0 Å². The van der Waals surface area contributed by atoms with Gasteiger partial charge >= 0.3 is 17.9 Å². The first-order chi connectivity index (χ1) is 38.5. The molecule has 0 aromatic carbocycles. The van der Waals surface area contributed by atoms with Gasteiger partial charge in [-0.2, -0.15) is 0 Å². The van der Waals surface area contributed by atoms with E-state index in [4.69, 9.17) is 14.2 Å². The van der Waals surface area contributed by atoms with Crippen LogP contribution in [0.1, 0.15) is 297 Å². The lowest BCUT2D eigenvalue weighted by Crippen LogP contribution is -2.30. The van der Waals surface area contributed by atoms with Crippen LogP contribution in [0.3, 0.4) is 0 Å². The molecule has 0 aromatic heterocycles. The summed E-state index contributed by atoms with van der Waals surface area (Å²) in [6.45, 7) is 6.47. The summed E-state index contributed by atoms with van der Waals surface area (Å²) in [6.07, 6.45) is 90.5. The van der Waals surface area contributed by atoms with Gasteiger partial charge in [-0.25, -0.2) is 0 Å². The van der Waals surface area contributed by atoms with Gasteiger partial charge in [-0.15, -0.1) is 0 Å². The first kappa shape index (κ1) is 73.8. The third-order valence-electron chi connectivity index (χ3n) is 13.7. The third-order valence-corrected chi connectivity index (χ3v) is 13.7. The fourth-order valence-electron chi connectivity index (χ4n) is 8.79. The number of ether oxygens (including phenoxy) is 3. The summed E-state index contributed by atoms with van der Waals surface area (Å²) >= 11 is 0. The average molecular weight is 1080 g/mol. The highest BCUT2D eigenvalue weighted by atomic mass is 16.6. The van der Waals surface area contributed by atoms with Crippen molar-refractivity contribution in [1.29, 1.82) is 0 Å². The van der Waals surface area contributed by atoms with Crippen LogP contribution in [0.15, 0.2) is 122 Å². The van der Waals surface area contributed by atoms with E-state index in [1.807, 2.05) is 0 Å². The molecule has 0 heterocycles. The second kappa shape index (κ2) is 65.3. The quantitative estimate of drug-likeness (QED) is 0.0261. The Bertz CT molecular complexity index is 1620. The van der Waals surface area contributed by atoms with Crippen molar-refractivity contribution in [3.05, 3.63) is 122 Å². The molecule has 6 heteroatoms. The van der Waals surface area contributed by atoms with Crippen molar-refractivity contribution in [1.82, 2.24) is 0 Å². The van der Waals surface area contributed by atoms with E-state index < -0.39 is 6.10 Å². The summed E-state index contributed by atoms with van der Waals surface area (Å²) in [4.78, 5) is 38.3. The molecule has 0 saturated carbocycles. The summed E-state index contributed by atoms with van der Waals surface area (Å²) in [5.41, 5.74) is 0. The van der Waals surface area contributed by atoms with Crippen molar-refractivity contribution in [2.75, 3.05) is 13.2 Å². The smallest absolute Gasteiger partial charge is 0.306 e. The van der Waals surface area contributed by atoms with Gasteiger partial charge in [0.25, 0.3) is 0 Å². The highest BCUT2D eigenvalue weighted by Crippen LogP contribution is 2.15. The number of hydrogen-bond donors (Lipinski definition) is 0. The van der Waals surface area contributed by atoms with Gasteiger partial charge in [0, 0.05) is 19.3 Å². The standard InChI is InChI=1S/C72H120O6/c1-4-7-10-13-16-19-22-25-28-30-32-33-34-35-36-37-38-39-41-42-44-47-50-53-56-59-62-65-71(74)77-68-69(67-76-70(73)64-61-58-55-52-49-46-27-24-21-18-15-12-9-6-3)78-72(75)66-63-60-57-54-51-48-45-43-40-31-29-26-23-20-17-14-11-8-5-2/h7,10,15-16,18-19,24-29,32-33,35-36,38-39,42,44,69H,4-6,8-9,11-14,17,20-23,30-31,34,37,40-41,43,45-68H2,1-3H3/b10-7-,18-15-,19-16-,27-24-,28-25-,29-26-,33-32-,36-35-,39-38-,44-42-. The first-order valence-electron chi connectivity index (χ1n) is 32.5. The van der Waals surface area contributed by atoms with E-state index in [1.165, 1.54) is 109 Å². The first-order valence-corrected chi connectivity index (χ1v) is 32.5. The van der Waals surface area contributed by atoms with Gasteiger partial charge in [0.2, 0.25) is 0 Å². The molecule has 0 aliphatic heterocycles. The predicted molar refractivity (Wildman–Crippen MR) is 339 cm³/mol. The van der Waals surface area contributed by atoms with Crippen molar-refractivity contribution in [2.24, 2.45) is 0 Å². The van der Waals surface area contributed by atoms with E-state index in [0.717, 1.165) is 148 Å². The van der Waals surface area contributed by atoms with Gasteiger partial charge < -0.3 is 14.2 Å². The fourth-order valence-corrected chi connectivity index (χ4v) is 8.79. The molecule has 1 unspecified atom stereocenters. The number of unbranched alkanes of at least 4 members (excludes halogenated alkanes) is 27. The van der Waals surface area contributed by atoms with E-state index in [-0.39, 0.29) is 31.1 Å². The topological polar surface area (TPSA) is 78.9 Å². The molecule has 444 valence electrons. The zero-order valence-electron chi connectivity index (χ0n) is 50.9. The molecule has 0 saturated heterocycles. The summed E-state index contributed by atoms with van der Waals surface area (Å²) in [5, 5.41) is 0. The van der Waals surface area contributed by atoms with E-state index in [2.05, 4.69) is 142 Å². The molecule has 0 bridgehead atoms. The molecule has 6 nitrogen and oxygen atoms in total.